The van der Waals surface area contributed by atoms with Crippen molar-refractivity contribution in [3.05, 3.63) is 53.9 Å². The van der Waals surface area contributed by atoms with Crippen LogP contribution in [0.3, 0.4) is 0 Å². The van der Waals surface area contributed by atoms with Crippen LogP contribution in [-0.4, -0.2) is 20.8 Å². The third-order valence-electron chi connectivity index (χ3n) is 3.17. The molecule has 2 aromatic rings. The van der Waals surface area contributed by atoms with Crippen molar-refractivity contribution in [2.24, 2.45) is 7.05 Å². The maximum absolute atomic E-state index is 12.5. The van der Waals surface area contributed by atoms with E-state index in [4.69, 9.17) is 16.6 Å². The summed E-state index contributed by atoms with van der Waals surface area (Å²) in [7, 11) is 1.80. The molecule has 1 aliphatic heterocycles. The topological polar surface area (TPSA) is 63.3 Å². The van der Waals surface area contributed by atoms with Crippen molar-refractivity contribution in [1.29, 1.82) is 0 Å². The molecular weight excluding hydrogens is 300 g/mol. The van der Waals surface area contributed by atoms with Crippen LogP contribution in [0.4, 0.5) is 5.69 Å². The molecule has 1 amide bonds. The highest BCUT2D eigenvalue weighted by Gasteiger charge is 2.33. The van der Waals surface area contributed by atoms with Gasteiger partial charge in [0.05, 0.1) is 17.6 Å². The van der Waals surface area contributed by atoms with Crippen LogP contribution >= 0.6 is 12.2 Å². The van der Waals surface area contributed by atoms with Crippen LogP contribution in [0.1, 0.15) is 11.5 Å². The number of carbonyl (C=O) groups is 1. The van der Waals surface area contributed by atoms with E-state index in [1.54, 1.807) is 48.5 Å². The number of aryl methyl sites for hydroxylation is 2. The normalized spacial score (nSPS) is 17.0. The van der Waals surface area contributed by atoms with E-state index in [-0.39, 0.29) is 5.91 Å². The lowest BCUT2D eigenvalue weighted by Gasteiger charge is -2.11. The number of aromatic nitrogens is 2. The SMILES string of the molecule is Cc1nn(C)cc1N1C(=O)/C(=C\C=C\c2ccco2)NC1=S. The van der Waals surface area contributed by atoms with Gasteiger partial charge in [0.25, 0.3) is 5.91 Å². The number of thiocarbonyl (C=S) groups is 1. The monoisotopic (exact) mass is 314 g/mol. The number of amides is 1. The van der Waals surface area contributed by atoms with Crippen molar-refractivity contribution in [2.75, 3.05) is 4.90 Å². The summed E-state index contributed by atoms with van der Waals surface area (Å²) in [6, 6.07) is 3.63. The van der Waals surface area contributed by atoms with Crippen molar-refractivity contribution < 1.29 is 9.21 Å². The number of allylic oxidation sites excluding steroid dienone is 2. The number of hydrogen-bond donors (Lipinski definition) is 1. The number of anilines is 1. The van der Waals surface area contributed by atoms with E-state index in [1.165, 1.54) is 4.90 Å². The summed E-state index contributed by atoms with van der Waals surface area (Å²) in [5.41, 5.74) is 1.84. The van der Waals surface area contributed by atoms with Gasteiger partial charge in [0.2, 0.25) is 0 Å². The summed E-state index contributed by atoms with van der Waals surface area (Å²) in [5, 5.41) is 7.50. The Balaban J connectivity index is 1.84. The Morgan fingerprint density at radius 1 is 1.45 bits per heavy atom. The molecular formula is C15H14N4O2S. The van der Waals surface area contributed by atoms with E-state index >= 15 is 0 Å². The summed E-state index contributed by atoms with van der Waals surface area (Å²) >= 11 is 5.25. The molecule has 0 aliphatic carbocycles. The zero-order valence-electron chi connectivity index (χ0n) is 12.1. The standard InChI is InChI=1S/C15H14N4O2S/c1-10-13(9-18(2)17-10)19-14(20)12(16-15(19)22)7-3-5-11-6-4-8-21-11/h3-9H,1-2H3,(H,16,22)/b5-3+,12-7+. The highest BCUT2D eigenvalue weighted by molar-refractivity contribution is 7.80. The summed E-state index contributed by atoms with van der Waals surface area (Å²) < 4.78 is 6.84. The lowest BCUT2D eigenvalue weighted by molar-refractivity contribution is -0.113. The van der Waals surface area contributed by atoms with Crippen molar-refractivity contribution in [2.45, 2.75) is 6.92 Å². The molecule has 3 heterocycles. The van der Waals surface area contributed by atoms with Gasteiger partial charge in [0, 0.05) is 13.2 Å². The third-order valence-corrected chi connectivity index (χ3v) is 3.46. The number of rotatable bonds is 3. The second-order valence-corrected chi connectivity index (χ2v) is 5.19. The number of nitrogens with zero attached hydrogens (tertiary/aromatic N) is 3. The van der Waals surface area contributed by atoms with Gasteiger partial charge >= 0.3 is 0 Å². The van der Waals surface area contributed by atoms with Gasteiger partial charge in [-0.25, -0.2) is 4.90 Å². The second-order valence-electron chi connectivity index (χ2n) is 4.80. The molecule has 6 nitrogen and oxygen atoms in total. The van der Waals surface area contributed by atoms with E-state index in [0.29, 0.717) is 22.3 Å². The van der Waals surface area contributed by atoms with Crippen LogP contribution in [0, 0.1) is 6.92 Å². The lowest BCUT2D eigenvalue weighted by Crippen LogP contribution is -2.30. The van der Waals surface area contributed by atoms with Gasteiger partial charge in [-0.15, -0.1) is 0 Å². The molecule has 0 saturated carbocycles. The first-order valence-corrected chi connectivity index (χ1v) is 7.04. The zero-order chi connectivity index (χ0) is 15.7. The molecule has 1 fully saturated rings. The molecule has 1 aliphatic rings. The van der Waals surface area contributed by atoms with Gasteiger partial charge in [0.15, 0.2) is 5.11 Å². The fourth-order valence-electron chi connectivity index (χ4n) is 2.20. The molecule has 3 rings (SSSR count). The number of hydrogen-bond acceptors (Lipinski definition) is 4. The van der Waals surface area contributed by atoms with Crippen molar-refractivity contribution in [3.8, 4) is 0 Å². The maximum Gasteiger partial charge on any atom is 0.281 e. The molecule has 22 heavy (non-hydrogen) atoms. The molecule has 0 unspecified atom stereocenters. The van der Waals surface area contributed by atoms with Crippen LogP contribution in [-0.2, 0) is 11.8 Å². The average molecular weight is 314 g/mol. The fourth-order valence-corrected chi connectivity index (χ4v) is 2.49. The van der Waals surface area contributed by atoms with Crippen molar-refractivity contribution >= 4 is 35.0 Å². The first-order chi connectivity index (χ1) is 10.6. The Labute approximate surface area is 132 Å². The van der Waals surface area contributed by atoms with Crippen LogP contribution in [0.5, 0.6) is 0 Å². The number of nitrogens with one attached hydrogen (secondary N) is 1. The van der Waals surface area contributed by atoms with E-state index in [2.05, 4.69) is 10.4 Å². The summed E-state index contributed by atoms with van der Waals surface area (Å²) in [6.45, 7) is 1.84. The number of furan rings is 1. The van der Waals surface area contributed by atoms with E-state index < -0.39 is 0 Å². The van der Waals surface area contributed by atoms with Crippen molar-refractivity contribution in [3.63, 3.8) is 0 Å². The summed E-state index contributed by atoms with van der Waals surface area (Å²) in [6.07, 6.45) is 8.53. The second kappa shape index (κ2) is 5.61. The Kier molecular flexibility index (Phi) is 3.64. The van der Waals surface area contributed by atoms with Gasteiger partial charge in [0.1, 0.15) is 11.5 Å². The highest BCUT2D eigenvalue weighted by Crippen LogP contribution is 2.23. The minimum absolute atomic E-state index is 0.204. The molecule has 0 aromatic carbocycles. The minimum atomic E-state index is -0.204. The van der Waals surface area contributed by atoms with Crippen LogP contribution in [0.25, 0.3) is 6.08 Å². The molecule has 7 heteroatoms. The van der Waals surface area contributed by atoms with Crippen LogP contribution < -0.4 is 10.2 Å². The molecule has 0 atom stereocenters. The predicted molar refractivity (Wildman–Crippen MR) is 87.0 cm³/mol. The molecule has 2 aromatic heterocycles. The van der Waals surface area contributed by atoms with E-state index in [9.17, 15) is 4.79 Å². The van der Waals surface area contributed by atoms with Gasteiger partial charge in [-0.05, 0) is 43.4 Å². The third kappa shape index (κ3) is 2.58. The minimum Gasteiger partial charge on any atom is -0.465 e. The summed E-state index contributed by atoms with van der Waals surface area (Å²) in [5.74, 6) is 0.509. The van der Waals surface area contributed by atoms with Crippen LogP contribution in [0.15, 0.2) is 46.9 Å². The Bertz CT molecular complexity index is 787. The predicted octanol–water partition coefficient (Wildman–Crippen LogP) is 2.14. The van der Waals surface area contributed by atoms with Gasteiger partial charge in [-0.2, -0.15) is 5.10 Å². The van der Waals surface area contributed by atoms with Crippen LogP contribution in [0.2, 0.25) is 0 Å². The Morgan fingerprint density at radius 3 is 2.91 bits per heavy atom. The van der Waals surface area contributed by atoms with E-state index in [1.807, 2.05) is 13.0 Å². The molecule has 0 bridgehead atoms. The first-order valence-electron chi connectivity index (χ1n) is 6.64. The fraction of sp³-hybridized carbons (Fsp3) is 0.133. The average Bonchev–Trinajstić information content (AvgIpc) is 3.13. The Hall–Kier alpha value is -2.67. The molecule has 0 radical (unpaired) electrons. The highest BCUT2D eigenvalue weighted by atomic mass is 32.1. The largest absolute Gasteiger partial charge is 0.465 e. The Morgan fingerprint density at radius 2 is 2.27 bits per heavy atom. The quantitative estimate of drug-likeness (QED) is 0.694. The summed E-state index contributed by atoms with van der Waals surface area (Å²) in [4.78, 5) is 13.9. The molecule has 112 valence electrons. The molecule has 0 spiro atoms. The number of carbonyl (C=O) groups excluding carboxylic acids is 1. The van der Waals surface area contributed by atoms with E-state index in [0.717, 1.165) is 5.69 Å². The maximum atomic E-state index is 12.5. The van der Waals surface area contributed by atoms with Gasteiger partial charge < -0.3 is 9.73 Å². The lowest BCUT2D eigenvalue weighted by atomic mass is 10.3. The molecule has 1 N–H and O–H groups in total. The smallest absolute Gasteiger partial charge is 0.281 e. The van der Waals surface area contributed by atoms with Gasteiger partial charge in [-0.1, -0.05) is 6.08 Å². The zero-order valence-corrected chi connectivity index (χ0v) is 12.9. The van der Waals surface area contributed by atoms with Gasteiger partial charge in [-0.3, -0.25) is 9.48 Å². The first kappa shape index (κ1) is 14.3. The molecule has 1 saturated heterocycles. The van der Waals surface area contributed by atoms with Crippen molar-refractivity contribution in [1.82, 2.24) is 15.1 Å².